The Bertz CT molecular complexity index is 746. The van der Waals surface area contributed by atoms with Crippen molar-refractivity contribution >= 4 is 11.8 Å². The first-order valence-electron chi connectivity index (χ1n) is 12.6. The Morgan fingerprint density at radius 1 is 0.844 bits per heavy atom. The maximum Gasteiger partial charge on any atom is 0.236 e. The highest BCUT2D eigenvalue weighted by Crippen LogP contribution is 2.27. The second-order valence-corrected chi connectivity index (χ2v) is 10.1. The number of piperazine rings is 2. The van der Waals surface area contributed by atoms with Crippen LogP contribution in [-0.2, 0) is 9.59 Å². The number of hydrogen-bond acceptors (Lipinski definition) is 4. The summed E-state index contributed by atoms with van der Waals surface area (Å²) in [5.74, 6) is 0.633. The average molecular weight is 441 g/mol. The zero-order valence-electron chi connectivity index (χ0n) is 19.9. The summed E-state index contributed by atoms with van der Waals surface area (Å²) in [5, 5.41) is 0. The fourth-order valence-corrected chi connectivity index (χ4v) is 5.69. The highest BCUT2D eigenvalue weighted by molar-refractivity contribution is 5.84. The molecule has 176 valence electrons. The molecule has 3 aliphatic rings. The SMILES string of the molecule is CC(C)C(C(=O)N1CCN(CC(=O)N2CCN(C3CCCC3)CC2)CC1)c1ccccc1. The van der Waals surface area contributed by atoms with Gasteiger partial charge in [-0.05, 0) is 24.3 Å². The molecule has 6 heteroatoms. The molecule has 2 amide bonds. The number of carbonyl (C=O) groups is 2. The third-order valence-corrected chi connectivity index (χ3v) is 7.64. The standard InChI is InChI=1S/C26H40N4O2/c1-21(2)25(22-8-4-3-5-9-22)26(32)30-14-12-27(13-15-30)20-24(31)29-18-16-28(17-19-29)23-10-6-7-11-23/h3-5,8-9,21,23,25H,6-7,10-20H2,1-2H3. The number of carbonyl (C=O) groups excluding carboxylic acids is 2. The minimum Gasteiger partial charge on any atom is -0.340 e. The van der Waals surface area contributed by atoms with E-state index in [4.69, 9.17) is 0 Å². The lowest BCUT2D eigenvalue weighted by molar-refractivity contribution is -0.137. The number of nitrogens with zero attached hydrogens (tertiary/aromatic N) is 4. The second-order valence-electron chi connectivity index (χ2n) is 10.1. The molecule has 1 aliphatic carbocycles. The summed E-state index contributed by atoms with van der Waals surface area (Å²) in [5.41, 5.74) is 1.10. The normalized spacial score (nSPS) is 22.5. The summed E-state index contributed by atoms with van der Waals surface area (Å²) in [6.45, 7) is 11.5. The van der Waals surface area contributed by atoms with Crippen molar-refractivity contribution in [1.29, 1.82) is 0 Å². The largest absolute Gasteiger partial charge is 0.340 e. The van der Waals surface area contributed by atoms with Crippen LogP contribution in [0.3, 0.4) is 0 Å². The smallest absolute Gasteiger partial charge is 0.236 e. The molecule has 1 aromatic carbocycles. The van der Waals surface area contributed by atoms with Crippen molar-refractivity contribution in [3.8, 4) is 0 Å². The zero-order valence-corrected chi connectivity index (χ0v) is 19.9. The van der Waals surface area contributed by atoms with Crippen molar-refractivity contribution in [3.05, 3.63) is 35.9 Å². The molecule has 6 nitrogen and oxygen atoms in total. The maximum absolute atomic E-state index is 13.3. The molecule has 1 unspecified atom stereocenters. The Kier molecular flexibility index (Phi) is 7.84. The first-order valence-corrected chi connectivity index (χ1v) is 12.6. The monoisotopic (exact) mass is 440 g/mol. The second kappa shape index (κ2) is 10.8. The Morgan fingerprint density at radius 2 is 1.44 bits per heavy atom. The lowest BCUT2D eigenvalue weighted by Gasteiger charge is -2.40. The quantitative estimate of drug-likeness (QED) is 0.682. The van der Waals surface area contributed by atoms with Crippen LogP contribution in [0.25, 0.3) is 0 Å². The van der Waals surface area contributed by atoms with E-state index in [1.54, 1.807) is 0 Å². The summed E-state index contributed by atoms with van der Waals surface area (Å²) in [4.78, 5) is 35.0. The molecule has 1 aromatic rings. The number of amides is 2. The van der Waals surface area contributed by atoms with E-state index in [0.29, 0.717) is 19.6 Å². The van der Waals surface area contributed by atoms with Gasteiger partial charge in [-0.25, -0.2) is 0 Å². The van der Waals surface area contributed by atoms with Gasteiger partial charge in [0.2, 0.25) is 11.8 Å². The Balaban J connectivity index is 1.23. The van der Waals surface area contributed by atoms with Gasteiger partial charge in [0.05, 0.1) is 12.5 Å². The highest BCUT2D eigenvalue weighted by atomic mass is 16.2. The van der Waals surface area contributed by atoms with Crippen LogP contribution in [0.4, 0.5) is 0 Å². The summed E-state index contributed by atoms with van der Waals surface area (Å²) in [6.07, 6.45) is 5.39. The molecular weight excluding hydrogens is 400 g/mol. The van der Waals surface area contributed by atoms with Gasteiger partial charge in [0.25, 0.3) is 0 Å². The summed E-state index contributed by atoms with van der Waals surface area (Å²) < 4.78 is 0. The van der Waals surface area contributed by atoms with E-state index in [-0.39, 0.29) is 23.7 Å². The molecule has 1 saturated carbocycles. The molecule has 2 heterocycles. The third-order valence-electron chi connectivity index (χ3n) is 7.64. The van der Waals surface area contributed by atoms with Crippen LogP contribution in [-0.4, -0.2) is 96.4 Å². The lowest BCUT2D eigenvalue weighted by Crippen LogP contribution is -2.55. The van der Waals surface area contributed by atoms with Crippen molar-refractivity contribution < 1.29 is 9.59 Å². The van der Waals surface area contributed by atoms with E-state index in [1.165, 1.54) is 25.7 Å². The van der Waals surface area contributed by atoms with Crippen molar-refractivity contribution in [2.24, 2.45) is 5.92 Å². The van der Waals surface area contributed by atoms with Crippen LogP contribution >= 0.6 is 0 Å². The van der Waals surface area contributed by atoms with Gasteiger partial charge in [0, 0.05) is 58.4 Å². The van der Waals surface area contributed by atoms with E-state index in [9.17, 15) is 9.59 Å². The molecule has 0 aromatic heterocycles. The molecule has 0 spiro atoms. The van der Waals surface area contributed by atoms with E-state index in [0.717, 1.165) is 50.9 Å². The summed E-state index contributed by atoms with van der Waals surface area (Å²) in [6, 6.07) is 10.9. The van der Waals surface area contributed by atoms with Gasteiger partial charge in [-0.15, -0.1) is 0 Å². The molecule has 2 aliphatic heterocycles. The van der Waals surface area contributed by atoms with E-state index in [1.807, 2.05) is 28.0 Å². The maximum atomic E-state index is 13.3. The van der Waals surface area contributed by atoms with Crippen LogP contribution in [0.2, 0.25) is 0 Å². The number of rotatable bonds is 6. The first-order chi connectivity index (χ1) is 15.5. The molecule has 0 bridgehead atoms. The van der Waals surface area contributed by atoms with E-state index in [2.05, 4.69) is 35.8 Å². The van der Waals surface area contributed by atoms with Crippen LogP contribution < -0.4 is 0 Å². The molecule has 2 saturated heterocycles. The summed E-state index contributed by atoms with van der Waals surface area (Å²) in [7, 11) is 0. The highest BCUT2D eigenvalue weighted by Gasteiger charge is 2.32. The Hall–Kier alpha value is -1.92. The van der Waals surface area contributed by atoms with Gasteiger partial charge in [0.1, 0.15) is 0 Å². The van der Waals surface area contributed by atoms with Crippen molar-refractivity contribution in [3.63, 3.8) is 0 Å². The molecular formula is C26H40N4O2. The summed E-state index contributed by atoms with van der Waals surface area (Å²) >= 11 is 0. The van der Waals surface area contributed by atoms with Crippen LogP contribution in [0.15, 0.2) is 30.3 Å². The first kappa shape index (κ1) is 23.2. The Morgan fingerprint density at radius 3 is 2.03 bits per heavy atom. The Labute approximate surface area is 193 Å². The van der Waals surface area contributed by atoms with Crippen molar-refractivity contribution in [2.45, 2.75) is 51.5 Å². The third kappa shape index (κ3) is 5.52. The molecule has 4 rings (SSSR count). The topological polar surface area (TPSA) is 47.1 Å². The van der Waals surface area contributed by atoms with Gasteiger partial charge in [-0.1, -0.05) is 57.0 Å². The van der Waals surface area contributed by atoms with Crippen molar-refractivity contribution in [1.82, 2.24) is 19.6 Å². The van der Waals surface area contributed by atoms with Gasteiger partial charge in [0.15, 0.2) is 0 Å². The number of benzene rings is 1. The molecule has 3 fully saturated rings. The van der Waals surface area contributed by atoms with Gasteiger partial charge in [-0.2, -0.15) is 0 Å². The minimum absolute atomic E-state index is 0.0967. The average Bonchev–Trinajstić information content (AvgIpc) is 3.35. The van der Waals surface area contributed by atoms with Crippen LogP contribution in [0.5, 0.6) is 0 Å². The zero-order chi connectivity index (χ0) is 22.5. The fourth-order valence-electron chi connectivity index (χ4n) is 5.69. The molecule has 0 radical (unpaired) electrons. The van der Waals surface area contributed by atoms with Crippen LogP contribution in [0, 0.1) is 5.92 Å². The lowest BCUT2D eigenvalue weighted by atomic mass is 9.87. The van der Waals surface area contributed by atoms with Gasteiger partial charge in [-0.3, -0.25) is 19.4 Å². The van der Waals surface area contributed by atoms with Gasteiger partial charge < -0.3 is 9.80 Å². The predicted octanol–water partition coefficient (Wildman–Crippen LogP) is 2.66. The van der Waals surface area contributed by atoms with Gasteiger partial charge >= 0.3 is 0 Å². The fraction of sp³-hybridized carbons (Fsp3) is 0.692. The molecule has 32 heavy (non-hydrogen) atoms. The molecule has 0 N–H and O–H groups in total. The van der Waals surface area contributed by atoms with Crippen molar-refractivity contribution in [2.75, 3.05) is 58.9 Å². The van der Waals surface area contributed by atoms with E-state index >= 15 is 0 Å². The molecule has 1 atom stereocenters. The number of hydrogen-bond donors (Lipinski definition) is 0. The minimum atomic E-state index is -0.0967. The van der Waals surface area contributed by atoms with E-state index < -0.39 is 0 Å². The van der Waals surface area contributed by atoms with Crippen LogP contribution in [0.1, 0.15) is 51.0 Å². The predicted molar refractivity (Wildman–Crippen MR) is 127 cm³/mol.